The topological polar surface area (TPSA) is 76.9 Å². The summed E-state index contributed by atoms with van der Waals surface area (Å²) >= 11 is 0. The van der Waals surface area contributed by atoms with E-state index in [1.54, 1.807) is 13.8 Å². The molecule has 0 saturated heterocycles. The van der Waals surface area contributed by atoms with Crippen molar-refractivity contribution in [1.82, 2.24) is 0 Å². The second-order valence-corrected chi connectivity index (χ2v) is 14.4. The molecule has 2 N–H and O–H groups in total. The van der Waals surface area contributed by atoms with Gasteiger partial charge in [-0.15, -0.1) is 4.79 Å². The molecule has 304 valence electrons. The van der Waals surface area contributed by atoms with Crippen molar-refractivity contribution in [3.8, 4) is 0 Å². The first kappa shape index (κ1) is 52.9. The third-order valence-corrected chi connectivity index (χ3v) is 9.32. The van der Waals surface area contributed by atoms with Crippen LogP contribution in [-0.4, -0.2) is 34.1 Å². The Bertz CT molecular complexity index is 1210. The molecule has 0 fully saturated rings. The SMILES string of the molecule is CCCCCCCCc1cc(CCCCCCCC)cc(C(=CC(=C=[N+]=[N-])CCCC)c2cc(CCCC)cc(CCCC)c2)c1.CCO.CCO.[Ni]. The molecule has 0 aliphatic rings. The van der Waals surface area contributed by atoms with Crippen LogP contribution in [0, 0.1) is 0 Å². The van der Waals surface area contributed by atoms with E-state index >= 15 is 0 Å². The van der Waals surface area contributed by atoms with E-state index < -0.39 is 0 Å². The molecule has 2 aromatic carbocycles. The minimum atomic E-state index is 0. The molecule has 0 aliphatic heterocycles. The van der Waals surface area contributed by atoms with Gasteiger partial charge >= 0.3 is 5.87 Å². The van der Waals surface area contributed by atoms with Crippen LogP contribution in [0.3, 0.4) is 0 Å². The van der Waals surface area contributed by atoms with Crippen LogP contribution in [-0.2, 0) is 42.2 Å². The Balaban J connectivity index is 0. The normalized spacial score (nSPS) is 10.6. The molecule has 0 aromatic heterocycles. The number of aliphatic hydroxyl groups excluding tert-OH is 2. The van der Waals surface area contributed by atoms with Gasteiger partial charge in [0.15, 0.2) is 0 Å². The molecule has 2 aromatic rings. The monoisotopic (exact) mass is 775 g/mol. The van der Waals surface area contributed by atoms with Crippen LogP contribution in [0.15, 0.2) is 48.0 Å². The maximum atomic E-state index is 9.57. The molecule has 2 rings (SSSR count). The Labute approximate surface area is 337 Å². The first-order chi connectivity index (χ1) is 25.4. The number of rotatable bonds is 26. The van der Waals surface area contributed by atoms with Crippen molar-refractivity contribution in [2.24, 2.45) is 0 Å². The third-order valence-electron chi connectivity index (χ3n) is 9.32. The van der Waals surface area contributed by atoms with E-state index in [4.69, 9.17) is 10.2 Å². The van der Waals surface area contributed by atoms with Gasteiger partial charge in [0, 0.05) is 29.7 Å². The minimum Gasteiger partial charge on any atom is -0.397 e. The summed E-state index contributed by atoms with van der Waals surface area (Å²) in [5.41, 5.74) is 20.3. The molecule has 0 amide bonds. The predicted molar refractivity (Wildman–Crippen MR) is 229 cm³/mol. The summed E-state index contributed by atoms with van der Waals surface area (Å²) in [5.74, 6) is 2.95. The van der Waals surface area contributed by atoms with Crippen molar-refractivity contribution < 1.29 is 31.5 Å². The summed E-state index contributed by atoms with van der Waals surface area (Å²) in [5, 5.41) is 15.1. The van der Waals surface area contributed by atoms with Crippen molar-refractivity contribution in [3.63, 3.8) is 0 Å². The molecule has 0 atom stereocenters. The molecule has 0 radical (unpaired) electrons. The van der Waals surface area contributed by atoms with Crippen molar-refractivity contribution in [1.29, 1.82) is 0 Å². The van der Waals surface area contributed by atoms with E-state index in [9.17, 15) is 5.53 Å². The Kier molecular flexibility index (Phi) is 37.9. The van der Waals surface area contributed by atoms with Gasteiger partial charge in [-0.05, 0) is 123 Å². The van der Waals surface area contributed by atoms with E-state index in [1.165, 1.54) is 142 Å². The number of hydrogen-bond acceptors (Lipinski definition) is 2. The van der Waals surface area contributed by atoms with E-state index in [0.29, 0.717) is 0 Å². The Morgan fingerprint density at radius 3 is 1.17 bits per heavy atom. The molecule has 5 heteroatoms. The molecule has 0 unspecified atom stereocenters. The number of aryl methyl sites for hydroxylation is 4. The molecule has 53 heavy (non-hydrogen) atoms. The van der Waals surface area contributed by atoms with Crippen molar-refractivity contribution >= 4 is 11.4 Å². The van der Waals surface area contributed by atoms with Gasteiger partial charge in [0.05, 0.1) is 5.57 Å². The van der Waals surface area contributed by atoms with Gasteiger partial charge in [0.2, 0.25) is 0 Å². The number of benzene rings is 2. The van der Waals surface area contributed by atoms with Crippen LogP contribution in [0.25, 0.3) is 11.1 Å². The van der Waals surface area contributed by atoms with Crippen molar-refractivity contribution in [2.45, 2.75) is 196 Å². The average molecular weight is 776 g/mol. The van der Waals surface area contributed by atoms with E-state index in [2.05, 4.69) is 87.8 Å². The maximum absolute atomic E-state index is 9.57. The van der Waals surface area contributed by atoms with E-state index in [0.717, 1.165) is 50.5 Å². The zero-order valence-corrected chi connectivity index (χ0v) is 36.3. The summed E-state index contributed by atoms with van der Waals surface area (Å²) in [6.45, 7) is 15.2. The summed E-state index contributed by atoms with van der Waals surface area (Å²) in [7, 11) is 0. The molecule has 0 bridgehead atoms. The van der Waals surface area contributed by atoms with Gasteiger partial charge in [0.25, 0.3) is 0 Å². The Hall–Kier alpha value is -2.25. The van der Waals surface area contributed by atoms with Gasteiger partial charge in [-0.25, -0.2) is 0 Å². The van der Waals surface area contributed by atoms with Crippen LogP contribution < -0.4 is 0 Å². The van der Waals surface area contributed by atoms with E-state index in [-0.39, 0.29) is 29.7 Å². The van der Waals surface area contributed by atoms with Crippen molar-refractivity contribution in [3.05, 3.63) is 87.0 Å². The third kappa shape index (κ3) is 27.1. The van der Waals surface area contributed by atoms with Gasteiger partial charge in [-0.3, -0.25) is 0 Å². The molecule has 0 heterocycles. The quantitative estimate of drug-likeness (QED) is 0.0249. The summed E-state index contributed by atoms with van der Waals surface area (Å²) < 4.78 is 0. The van der Waals surface area contributed by atoms with Gasteiger partial charge in [-0.1, -0.05) is 154 Å². The Morgan fingerprint density at radius 2 is 0.830 bits per heavy atom. The molecular weight excluding hydrogens is 695 g/mol. The van der Waals surface area contributed by atoms with Gasteiger partial charge in [0.1, 0.15) is 0 Å². The van der Waals surface area contributed by atoms with Crippen LogP contribution in [0.1, 0.15) is 204 Å². The number of nitrogens with zero attached hydrogens (tertiary/aromatic N) is 2. The molecular formula is C48H80N2NiO2. The van der Waals surface area contributed by atoms with Gasteiger partial charge < -0.3 is 15.7 Å². The van der Waals surface area contributed by atoms with Crippen LogP contribution >= 0.6 is 0 Å². The van der Waals surface area contributed by atoms with Crippen LogP contribution in [0.5, 0.6) is 0 Å². The summed E-state index contributed by atoms with van der Waals surface area (Å²) in [6.07, 6.45) is 30.6. The largest absolute Gasteiger partial charge is 0.397 e. The first-order valence-electron chi connectivity index (χ1n) is 21.6. The molecule has 4 nitrogen and oxygen atoms in total. The van der Waals surface area contributed by atoms with E-state index in [1.807, 2.05) is 0 Å². The second-order valence-electron chi connectivity index (χ2n) is 14.4. The average Bonchev–Trinajstić information content (AvgIpc) is 3.14. The number of hydrogen-bond donors (Lipinski definition) is 2. The second kappa shape index (κ2) is 38.0. The summed E-state index contributed by atoms with van der Waals surface area (Å²) in [4.78, 5) is 3.39. The molecule has 0 spiro atoms. The first-order valence-corrected chi connectivity index (χ1v) is 21.6. The van der Waals surface area contributed by atoms with Crippen molar-refractivity contribution in [2.75, 3.05) is 13.2 Å². The standard InChI is InChI=1S/C44H68N2.2C2H6O.Ni/c1-6-11-16-18-20-22-27-39-30-40(28-23-21-19-17-12-7-2)34-43(33-39)44(35-41(36-46-45)26-15-10-5)42-31-37(24-13-8-3)29-38(32-42)25-14-9-4;2*1-2-3;/h29-35H,6-28H2,1-5H3;2*3H,2H2,1H3;. The zero-order valence-electron chi connectivity index (χ0n) is 35.3. The fourth-order valence-electron chi connectivity index (χ4n) is 6.49. The number of unbranched alkanes of at least 4 members (excludes halogenated alkanes) is 13. The molecule has 0 saturated carbocycles. The fraction of sp³-hybridized carbons (Fsp3) is 0.667. The maximum Gasteiger partial charge on any atom is 0.303 e. The minimum absolute atomic E-state index is 0. The molecule has 0 aliphatic carbocycles. The van der Waals surface area contributed by atoms with Gasteiger partial charge in [-0.2, -0.15) is 0 Å². The smallest absolute Gasteiger partial charge is 0.303 e. The fourth-order valence-corrected chi connectivity index (χ4v) is 6.49. The zero-order chi connectivity index (χ0) is 38.7. The summed E-state index contributed by atoms with van der Waals surface area (Å²) in [6, 6.07) is 14.8. The van der Waals surface area contributed by atoms with Crippen LogP contribution in [0.2, 0.25) is 0 Å². The van der Waals surface area contributed by atoms with Crippen LogP contribution in [0.4, 0.5) is 0 Å². The Morgan fingerprint density at radius 1 is 0.509 bits per heavy atom. The number of allylic oxidation sites excluding steroid dienone is 2. The number of aliphatic hydroxyl groups is 2. The predicted octanol–water partition coefficient (Wildman–Crippen LogP) is 13.6.